The van der Waals surface area contributed by atoms with E-state index in [1.165, 1.54) is 28.0 Å². The number of thiazole rings is 1. The van der Waals surface area contributed by atoms with Crippen LogP contribution in [0, 0.1) is 0 Å². The number of amides is 1. The fourth-order valence-electron chi connectivity index (χ4n) is 3.60. The summed E-state index contributed by atoms with van der Waals surface area (Å²) in [5.74, 6) is 0.0541. The number of benzene rings is 1. The molecule has 0 radical (unpaired) electrons. The van der Waals surface area contributed by atoms with Gasteiger partial charge in [-0.2, -0.15) is 0 Å². The molecule has 3 nitrogen and oxygen atoms in total. The summed E-state index contributed by atoms with van der Waals surface area (Å²) in [5, 5.41) is 7.22. The van der Waals surface area contributed by atoms with E-state index in [4.69, 9.17) is 4.98 Å². The standard InChI is InChI=1S/C21H18N2OS3/c24-18(12-13-6-5-11-25-13)23-21-19(14-7-1-3-9-16(14)26-21)20-22-15-8-2-4-10-17(15)27-20/h2,4-6,8,10-11H,1,3,7,9,12H2,(H,23,24). The molecule has 3 aromatic heterocycles. The van der Waals surface area contributed by atoms with E-state index in [1.807, 2.05) is 23.6 Å². The SMILES string of the molecule is O=C(Cc1cccs1)Nc1sc2c(c1-c1nc3ccccc3s1)CCCC2. The normalized spacial score (nSPS) is 13.6. The molecule has 1 N–H and O–H groups in total. The number of anilines is 1. The van der Waals surface area contributed by atoms with Crippen molar-refractivity contribution in [2.45, 2.75) is 32.1 Å². The maximum Gasteiger partial charge on any atom is 0.230 e. The van der Waals surface area contributed by atoms with Gasteiger partial charge < -0.3 is 5.32 Å². The second-order valence-electron chi connectivity index (χ2n) is 6.71. The lowest BCUT2D eigenvalue weighted by Gasteiger charge is -2.11. The van der Waals surface area contributed by atoms with Crippen LogP contribution in [-0.2, 0) is 24.1 Å². The molecule has 1 aromatic carbocycles. The zero-order valence-corrected chi connectivity index (χ0v) is 17.1. The highest BCUT2D eigenvalue weighted by atomic mass is 32.1. The van der Waals surface area contributed by atoms with Gasteiger partial charge in [0.05, 0.1) is 16.6 Å². The number of rotatable bonds is 4. The van der Waals surface area contributed by atoms with Crippen LogP contribution >= 0.6 is 34.0 Å². The second kappa shape index (κ2) is 7.19. The van der Waals surface area contributed by atoms with E-state index in [2.05, 4.69) is 23.5 Å². The zero-order valence-electron chi connectivity index (χ0n) is 14.7. The molecule has 0 spiro atoms. The Labute approximate surface area is 169 Å². The van der Waals surface area contributed by atoms with Crippen LogP contribution in [0.5, 0.6) is 0 Å². The highest BCUT2D eigenvalue weighted by Crippen LogP contribution is 2.46. The maximum absolute atomic E-state index is 12.6. The van der Waals surface area contributed by atoms with Crippen molar-refractivity contribution in [3.05, 3.63) is 57.1 Å². The van der Waals surface area contributed by atoms with Crippen molar-refractivity contribution in [3.8, 4) is 10.6 Å². The van der Waals surface area contributed by atoms with Crippen LogP contribution in [0.3, 0.4) is 0 Å². The van der Waals surface area contributed by atoms with E-state index in [0.29, 0.717) is 6.42 Å². The minimum absolute atomic E-state index is 0.0541. The maximum atomic E-state index is 12.6. The van der Waals surface area contributed by atoms with Gasteiger partial charge in [0.15, 0.2) is 0 Å². The molecule has 3 heterocycles. The smallest absolute Gasteiger partial charge is 0.230 e. The summed E-state index contributed by atoms with van der Waals surface area (Å²) in [6.45, 7) is 0. The Balaban J connectivity index is 1.54. The van der Waals surface area contributed by atoms with Crippen LogP contribution in [-0.4, -0.2) is 10.9 Å². The number of aryl methyl sites for hydroxylation is 1. The number of thiophene rings is 2. The molecular formula is C21H18N2OS3. The van der Waals surface area contributed by atoms with Gasteiger partial charge in [0.1, 0.15) is 10.0 Å². The van der Waals surface area contributed by atoms with E-state index < -0.39 is 0 Å². The van der Waals surface area contributed by atoms with Crippen molar-refractivity contribution in [2.24, 2.45) is 0 Å². The summed E-state index contributed by atoms with van der Waals surface area (Å²) in [7, 11) is 0. The third-order valence-corrected chi connectivity index (χ3v) is 7.98. The Morgan fingerprint density at radius 2 is 1.96 bits per heavy atom. The van der Waals surface area contributed by atoms with Crippen LogP contribution in [0.25, 0.3) is 20.8 Å². The lowest BCUT2D eigenvalue weighted by atomic mass is 9.96. The summed E-state index contributed by atoms with van der Waals surface area (Å²) in [6, 6.07) is 12.3. The summed E-state index contributed by atoms with van der Waals surface area (Å²) in [4.78, 5) is 20.0. The lowest BCUT2D eigenvalue weighted by molar-refractivity contribution is -0.115. The number of aromatic nitrogens is 1. The average molecular weight is 411 g/mol. The third kappa shape index (κ3) is 3.33. The van der Waals surface area contributed by atoms with E-state index in [0.717, 1.165) is 38.8 Å². The molecule has 0 atom stereocenters. The van der Waals surface area contributed by atoms with E-state index in [-0.39, 0.29) is 5.91 Å². The molecule has 27 heavy (non-hydrogen) atoms. The topological polar surface area (TPSA) is 42.0 Å². The second-order valence-corrected chi connectivity index (χ2v) is 9.87. The fourth-order valence-corrected chi connectivity index (χ4v) is 6.72. The molecule has 1 amide bonds. The summed E-state index contributed by atoms with van der Waals surface area (Å²) in [5.41, 5.74) is 3.59. The molecule has 0 bridgehead atoms. The van der Waals surface area contributed by atoms with Gasteiger partial charge in [0.25, 0.3) is 0 Å². The van der Waals surface area contributed by atoms with Gasteiger partial charge in [-0.3, -0.25) is 4.79 Å². The predicted molar refractivity (Wildman–Crippen MR) is 116 cm³/mol. The van der Waals surface area contributed by atoms with Gasteiger partial charge in [-0.25, -0.2) is 4.98 Å². The van der Waals surface area contributed by atoms with Crippen molar-refractivity contribution < 1.29 is 4.79 Å². The number of carbonyl (C=O) groups excluding carboxylic acids is 1. The van der Waals surface area contributed by atoms with E-state index >= 15 is 0 Å². The molecule has 136 valence electrons. The van der Waals surface area contributed by atoms with Crippen molar-refractivity contribution in [1.82, 2.24) is 4.98 Å². The van der Waals surface area contributed by atoms with Crippen LogP contribution in [0.4, 0.5) is 5.00 Å². The quantitative estimate of drug-likeness (QED) is 0.439. The van der Waals surface area contributed by atoms with E-state index in [9.17, 15) is 4.79 Å². The van der Waals surface area contributed by atoms with Gasteiger partial charge in [-0.1, -0.05) is 18.2 Å². The summed E-state index contributed by atoms with van der Waals surface area (Å²) < 4.78 is 1.19. The first-order valence-electron chi connectivity index (χ1n) is 9.10. The molecule has 0 unspecified atom stereocenters. The largest absolute Gasteiger partial charge is 0.317 e. The molecule has 1 aliphatic rings. The van der Waals surface area contributed by atoms with Crippen molar-refractivity contribution in [1.29, 1.82) is 0 Å². The Bertz CT molecular complexity index is 1080. The first-order chi connectivity index (χ1) is 13.3. The molecule has 0 saturated carbocycles. The van der Waals surface area contributed by atoms with Crippen LogP contribution in [0.15, 0.2) is 41.8 Å². The van der Waals surface area contributed by atoms with Crippen molar-refractivity contribution in [3.63, 3.8) is 0 Å². The average Bonchev–Trinajstić information content (AvgIpc) is 3.38. The monoisotopic (exact) mass is 410 g/mol. The molecular weight excluding hydrogens is 392 g/mol. The molecule has 6 heteroatoms. The third-order valence-electron chi connectivity index (χ3n) is 4.85. The number of fused-ring (bicyclic) bond motifs is 2. The van der Waals surface area contributed by atoms with Gasteiger partial charge >= 0.3 is 0 Å². The summed E-state index contributed by atoms with van der Waals surface area (Å²) >= 11 is 5.09. The minimum Gasteiger partial charge on any atom is -0.317 e. The summed E-state index contributed by atoms with van der Waals surface area (Å²) in [6.07, 6.45) is 5.07. The predicted octanol–water partition coefficient (Wildman–Crippen LogP) is 6.15. The van der Waals surface area contributed by atoms with Crippen molar-refractivity contribution in [2.75, 3.05) is 5.32 Å². The van der Waals surface area contributed by atoms with Gasteiger partial charge in [0, 0.05) is 15.3 Å². The molecule has 5 rings (SSSR count). The van der Waals surface area contributed by atoms with Crippen LogP contribution in [0.2, 0.25) is 0 Å². The Morgan fingerprint density at radius 1 is 1.07 bits per heavy atom. The number of carbonyl (C=O) groups is 1. The lowest BCUT2D eigenvalue weighted by Crippen LogP contribution is -2.13. The van der Waals surface area contributed by atoms with Gasteiger partial charge in [-0.05, 0) is 54.8 Å². The molecule has 4 aromatic rings. The number of nitrogens with zero attached hydrogens (tertiary/aromatic N) is 1. The zero-order chi connectivity index (χ0) is 18.2. The number of para-hydroxylation sites is 1. The minimum atomic E-state index is 0.0541. The number of hydrogen-bond donors (Lipinski definition) is 1. The number of hydrogen-bond acceptors (Lipinski definition) is 5. The number of nitrogens with one attached hydrogen (secondary N) is 1. The Hall–Kier alpha value is -2.02. The van der Waals surface area contributed by atoms with E-state index in [1.54, 1.807) is 34.0 Å². The van der Waals surface area contributed by atoms with Crippen LogP contribution in [0.1, 0.15) is 28.2 Å². The Kier molecular flexibility index (Phi) is 4.55. The fraction of sp³-hybridized carbons (Fsp3) is 0.238. The highest BCUT2D eigenvalue weighted by molar-refractivity contribution is 7.23. The molecule has 0 saturated heterocycles. The molecule has 1 aliphatic carbocycles. The van der Waals surface area contributed by atoms with Crippen LogP contribution < -0.4 is 5.32 Å². The van der Waals surface area contributed by atoms with Gasteiger partial charge in [-0.15, -0.1) is 34.0 Å². The first kappa shape index (κ1) is 17.1. The Morgan fingerprint density at radius 3 is 2.81 bits per heavy atom. The molecule has 0 fully saturated rings. The first-order valence-corrected chi connectivity index (χ1v) is 11.6. The molecule has 0 aliphatic heterocycles. The highest BCUT2D eigenvalue weighted by Gasteiger charge is 2.25. The van der Waals surface area contributed by atoms with Gasteiger partial charge in [0.2, 0.25) is 5.91 Å². The van der Waals surface area contributed by atoms with Crippen molar-refractivity contribution >= 4 is 55.1 Å².